The molecule has 0 fully saturated rings. The summed E-state index contributed by atoms with van der Waals surface area (Å²) in [6, 6.07) is 49.8. The van der Waals surface area contributed by atoms with Crippen LogP contribution in [0.4, 0.5) is 17.1 Å². The Morgan fingerprint density at radius 1 is 0.431 bits per heavy atom. The Morgan fingerprint density at radius 2 is 0.980 bits per heavy atom. The predicted molar refractivity (Wildman–Crippen MR) is 208 cm³/mol. The first-order valence-electron chi connectivity index (χ1n) is 16.9. The number of anilines is 3. The zero-order valence-corrected chi connectivity index (χ0v) is 27.9. The van der Waals surface area contributed by atoms with Crippen LogP contribution in [0.15, 0.2) is 177 Å². The molecule has 9 rings (SSSR count). The maximum absolute atomic E-state index is 4.30. The first-order chi connectivity index (χ1) is 25.2. The highest BCUT2D eigenvalue weighted by atomic mass is 15.1. The number of benzene rings is 6. The van der Waals surface area contributed by atoms with Crippen LogP contribution in [0.2, 0.25) is 0 Å². The van der Waals surface area contributed by atoms with Crippen LogP contribution in [0.5, 0.6) is 0 Å². The predicted octanol–water partition coefficient (Wildman–Crippen LogP) is 11.1. The van der Waals surface area contributed by atoms with Gasteiger partial charge in [0.25, 0.3) is 0 Å². The second-order valence-electron chi connectivity index (χ2n) is 12.6. The Morgan fingerprint density at radius 3 is 1.61 bits per heavy atom. The van der Waals surface area contributed by atoms with Crippen LogP contribution in [-0.4, -0.2) is 24.5 Å². The Labute approximate surface area is 296 Å². The molecule has 0 saturated heterocycles. The van der Waals surface area contributed by atoms with Crippen LogP contribution in [0, 0.1) is 6.92 Å². The van der Waals surface area contributed by atoms with Crippen molar-refractivity contribution in [3.05, 3.63) is 183 Å². The molecule has 9 aromatic rings. The minimum atomic E-state index is 0.949. The number of hydrogen-bond acceptors (Lipinski definition) is 5. The largest absolute Gasteiger partial charge is 0.310 e. The van der Waals surface area contributed by atoms with Crippen molar-refractivity contribution < 1.29 is 0 Å². The molecule has 242 valence electrons. The quantitative estimate of drug-likeness (QED) is 0.171. The summed E-state index contributed by atoms with van der Waals surface area (Å²) in [5.74, 6) is 0. The fraction of sp³-hybridized carbons (Fsp3) is 0.0222. The lowest BCUT2D eigenvalue weighted by atomic mass is 9.92. The molecule has 0 spiro atoms. The monoisotopic (exact) mass is 656 g/mol. The van der Waals surface area contributed by atoms with E-state index in [0.717, 1.165) is 67.2 Å². The van der Waals surface area contributed by atoms with E-state index in [2.05, 4.69) is 176 Å². The summed E-state index contributed by atoms with van der Waals surface area (Å²) in [5, 5.41) is 2.40. The minimum Gasteiger partial charge on any atom is -0.310 e. The van der Waals surface area contributed by atoms with Crippen molar-refractivity contribution in [2.24, 2.45) is 0 Å². The van der Waals surface area contributed by atoms with Gasteiger partial charge in [-0.1, -0.05) is 66.7 Å². The van der Waals surface area contributed by atoms with Crippen molar-refractivity contribution in [3.63, 3.8) is 0 Å². The van der Waals surface area contributed by atoms with Gasteiger partial charge in [-0.2, -0.15) is 0 Å². The zero-order chi connectivity index (χ0) is 34.1. The second-order valence-corrected chi connectivity index (χ2v) is 12.6. The SMILES string of the molecule is Cc1c(-c2cc(-c3cncnc3)cc(-c3cncnc3)c2)cccc1-n1c2ccccc2c2cc(N(c3ccccc3)c3ccccc3)ccc21. The van der Waals surface area contributed by atoms with Gasteiger partial charge < -0.3 is 9.47 Å². The van der Waals surface area contributed by atoms with Gasteiger partial charge in [0.15, 0.2) is 0 Å². The summed E-state index contributed by atoms with van der Waals surface area (Å²) in [5.41, 5.74) is 14.1. The summed E-state index contributed by atoms with van der Waals surface area (Å²) < 4.78 is 2.41. The molecular weight excluding hydrogens is 625 g/mol. The molecule has 0 aliphatic rings. The lowest BCUT2D eigenvalue weighted by Crippen LogP contribution is -2.09. The van der Waals surface area contributed by atoms with Crippen molar-refractivity contribution in [2.45, 2.75) is 6.92 Å². The van der Waals surface area contributed by atoms with Gasteiger partial charge in [0.05, 0.1) is 11.0 Å². The van der Waals surface area contributed by atoms with Crippen LogP contribution in [0.25, 0.3) is 60.9 Å². The smallest absolute Gasteiger partial charge is 0.115 e. The summed E-state index contributed by atoms with van der Waals surface area (Å²) >= 11 is 0. The number of aromatic nitrogens is 5. The highest BCUT2D eigenvalue weighted by molar-refractivity contribution is 6.11. The van der Waals surface area contributed by atoms with Gasteiger partial charge in [0.1, 0.15) is 12.7 Å². The highest BCUT2D eigenvalue weighted by Gasteiger charge is 2.19. The van der Waals surface area contributed by atoms with E-state index in [1.807, 2.05) is 24.8 Å². The molecule has 0 amide bonds. The van der Waals surface area contributed by atoms with Gasteiger partial charge >= 0.3 is 0 Å². The molecule has 0 N–H and O–H groups in total. The van der Waals surface area contributed by atoms with Gasteiger partial charge in [-0.05, 0) is 108 Å². The molecular formula is C45H32N6. The van der Waals surface area contributed by atoms with Gasteiger partial charge in [0.2, 0.25) is 0 Å². The lowest BCUT2D eigenvalue weighted by Gasteiger charge is -2.25. The van der Waals surface area contributed by atoms with E-state index in [1.54, 1.807) is 12.7 Å². The molecule has 6 nitrogen and oxygen atoms in total. The van der Waals surface area contributed by atoms with E-state index in [4.69, 9.17) is 0 Å². The molecule has 51 heavy (non-hydrogen) atoms. The number of para-hydroxylation sites is 3. The summed E-state index contributed by atoms with van der Waals surface area (Å²) in [6.45, 7) is 2.22. The number of nitrogens with zero attached hydrogens (tertiary/aromatic N) is 6. The van der Waals surface area contributed by atoms with E-state index >= 15 is 0 Å². The number of hydrogen-bond donors (Lipinski definition) is 0. The number of fused-ring (bicyclic) bond motifs is 3. The maximum Gasteiger partial charge on any atom is 0.115 e. The Hall–Kier alpha value is -6.92. The fourth-order valence-corrected chi connectivity index (χ4v) is 7.15. The maximum atomic E-state index is 4.30. The van der Waals surface area contributed by atoms with E-state index in [0.29, 0.717) is 0 Å². The molecule has 0 atom stereocenters. The van der Waals surface area contributed by atoms with Crippen molar-refractivity contribution >= 4 is 38.9 Å². The van der Waals surface area contributed by atoms with Crippen molar-refractivity contribution in [3.8, 4) is 39.1 Å². The average Bonchev–Trinajstić information content (AvgIpc) is 3.53. The third-order valence-electron chi connectivity index (χ3n) is 9.52. The van der Waals surface area contributed by atoms with Gasteiger partial charge in [-0.15, -0.1) is 0 Å². The summed E-state index contributed by atoms with van der Waals surface area (Å²) in [7, 11) is 0. The molecule has 6 aromatic carbocycles. The minimum absolute atomic E-state index is 0.949. The third kappa shape index (κ3) is 5.49. The molecule has 0 aliphatic carbocycles. The average molecular weight is 657 g/mol. The topological polar surface area (TPSA) is 59.7 Å². The van der Waals surface area contributed by atoms with E-state index in [9.17, 15) is 0 Å². The molecule has 0 saturated carbocycles. The Kier molecular flexibility index (Phi) is 7.59. The van der Waals surface area contributed by atoms with Crippen molar-refractivity contribution in [2.75, 3.05) is 4.90 Å². The molecule has 3 aromatic heterocycles. The third-order valence-corrected chi connectivity index (χ3v) is 9.52. The normalized spacial score (nSPS) is 11.2. The van der Waals surface area contributed by atoms with E-state index < -0.39 is 0 Å². The van der Waals surface area contributed by atoms with E-state index in [-0.39, 0.29) is 0 Å². The summed E-state index contributed by atoms with van der Waals surface area (Å²) in [4.78, 5) is 19.5. The van der Waals surface area contributed by atoms with E-state index in [1.165, 1.54) is 16.3 Å². The van der Waals surface area contributed by atoms with Gasteiger partial charge in [-0.25, -0.2) is 19.9 Å². The van der Waals surface area contributed by atoms with Crippen LogP contribution >= 0.6 is 0 Å². The van der Waals surface area contributed by atoms with Crippen molar-refractivity contribution in [1.82, 2.24) is 24.5 Å². The molecule has 3 heterocycles. The van der Waals surface area contributed by atoms with Crippen LogP contribution < -0.4 is 4.90 Å². The first-order valence-corrected chi connectivity index (χ1v) is 16.9. The molecule has 6 heteroatoms. The molecule has 0 unspecified atom stereocenters. The highest BCUT2D eigenvalue weighted by Crippen LogP contribution is 2.41. The first kappa shape index (κ1) is 30.2. The van der Waals surface area contributed by atoms with Crippen LogP contribution in [0.1, 0.15) is 5.56 Å². The summed E-state index contributed by atoms with van der Waals surface area (Å²) in [6.07, 6.45) is 10.5. The fourth-order valence-electron chi connectivity index (χ4n) is 7.15. The molecule has 0 aliphatic heterocycles. The Bertz CT molecular complexity index is 2540. The van der Waals surface area contributed by atoms with Gasteiger partial charge in [0, 0.05) is 69.4 Å². The molecule has 0 bridgehead atoms. The van der Waals surface area contributed by atoms with Crippen LogP contribution in [0.3, 0.4) is 0 Å². The Balaban J connectivity index is 1.23. The standard InChI is InChI=1S/C45H32N6/c1-31-40(34-22-32(35-25-46-29-47-26-35)21-33(23-34)36-27-48-30-49-28-36)16-10-18-43(31)51-44-17-9-8-15-41(44)42-24-39(19-20-45(42)51)50(37-11-4-2-5-12-37)38-13-6-3-7-14-38/h2-30H,1H3. The second kappa shape index (κ2) is 12.8. The molecule has 0 radical (unpaired) electrons. The van der Waals surface area contributed by atoms with Crippen molar-refractivity contribution in [1.29, 1.82) is 0 Å². The zero-order valence-electron chi connectivity index (χ0n) is 27.9. The lowest BCUT2D eigenvalue weighted by molar-refractivity contribution is 1.15. The van der Waals surface area contributed by atoms with Gasteiger partial charge in [-0.3, -0.25) is 0 Å². The van der Waals surface area contributed by atoms with Crippen LogP contribution in [-0.2, 0) is 0 Å². The number of rotatable bonds is 7.